The van der Waals surface area contributed by atoms with Gasteiger partial charge in [-0.3, -0.25) is 10.1 Å². The number of phenolic OH excluding ortho intramolecular Hbond substituents is 1. The van der Waals surface area contributed by atoms with Crippen LogP contribution in [0.2, 0.25) is 0 Å². The van der Waals surface area contributed by atoms with Crippen molar-refractivity contribution in [2.45, 2.75) is 0 Å². The zero-order chi connectivity index (χ0) is 15.2. The number of aromatic hydroxyl groups is 1. The zero-order valence-corrected chi connectivity index (χ0v) is 12.1. The van der Waals surface area contributed by atoms with Crippen molar-refractivity contribution in [2.75, 3.05) is 12.4 Å². The largest absolute Gasteiger partial charge is 0.508 e. The van der Waals surface area contributed by atoms with Crippen molar-refractivity contribution in [1.82, 2.24) is 5.32 Å². The summed E-state index contributed by atoms with van der Waals surface area (Å²) in [5, 5.41) is 14.9. The van der Waals surface area contributed by atoms with E-state index in [0.29, 0.717) is 17.0 Å². The molecule has 2 aromatic carbocycles. The number of phenols is 1. The molecule has 0 aliphatic rings. The minimum atomic E-state index is -0.324. The summed E-state index contributed by atoms with van der Waals surface area (Å²) in [6.45, 7) is 0. The quantitative estimate of drug-likeness (QED) is 0.760. The number of nitrogens with one attached hydrogen (secondary N) is 2. The molecular formula is C15H14N2O3S. The van der Waals surface area contributed by atoms with Gasteiger partial charge < -0.3 is 15.2 Å². The summed E-state index contributed by atoms with van der Waals surface area (Å²) in [7, 11) is 1.56. The van der Waals surface area contributed by atoms with Crippen molar-refractivity contribution < 1.29 is 14.6 Å². The minimum absolute atomic E-state index is 0.115. The molecule has 0 unspecified atom stereocenters. The monoisotopic (exact) mass is 302 g/mol. The first-order chi connectivity index (χ1) is 10.1. The highest BCUT2D eigenvalue weighted by atomic mass is 32.1. The van der Waals surface area contributed by atoms with Crippen LogP contribution in [0.5, 0.6) is 11.5 Å². The standard InChI is InChI=1S/C15H14N2O3S/c1-20-13-7-5-10(6-8-13)14(19)17-15(21)16-11-3-2-4-12(18)9-11/h2-9,18H,1H3,(H2,16,17,19,21). The van der Waals surface area contributed by atoms with Gasteiger partial charge in [0.05, 0.1) is 7.11 Å². The van der Waals surface area contributed by atoms with Crippen molar-refractivity contribution in [1.29, 1.82) is 0 Å². The lowest BCUT2D eigenvalue weighted by Crippen LogP contribution is -2.34. The van der Waals surface area contributed by atoms with Crippen LogP contribution in [0.15, 0.2) is 48.5 Å². The van der Waals surface area contributed by atoms with Gasteiger partial charge in [-0.2, -0.15) is 0 Å². The molecule has 0 radical (unpaired) electrons. The first-order valence-corrected chi connectivity index (χ1v) is 6.55. The number of ether oxygens (including phenoxy) is 1. The molecule has 2 aromatic rings. The van der Waals surface area contributed by atoms with E-state index in [9.17, 15) is 9.90 Å². The van der Waals surface area contributed by atoms with E-state index in [1.165, 1.54) is 6.07 Å². The number of methoxy groups -OCH3 is 1. The minimum Gasteiger partial charge on any atom is -0.508 e. The third-order valence-electron chi connectivity index (χ3n) is 2.68. The topological polar surface area (TPSA) is 70.6 Å². The van der Waals surface area contributed by atoms with Gasteiger partial charge in [0, 0.05) is 17.3 Å². The lowest BCUT2D eigenvalue weighted by molar-refractivity contribution is 0.0977. The van der Waals surface area contributed by atoms with E-state index in [2.05, 4.69) is 10.6 Å². The van der Waals surface area contributed by atoms with Crippen LogP contribution in [0.25, 0.3) is 0 Å². The van der Waals surface area contributed by atoms with Crippen LogP contribution in [0.1, 0.15) is 10.4 Å². The second-order valence-electron chi connectivity index (χ2n) is 4.19. The molecule has 0 atom stereocenters. The van der Waals surface area contributed by atoms with E-state index >= 15 is 0 Å². The molecule has 108 valence electrons. The zero-order valence-electron chi connectivity index (χ0n) is 11.3. The number of anilines is 1. The highest BCUT2D eigenvalue weighted by Crippen LogP contribution is 2.15. The third kappa shape index (κ3) is 4.19. The Labute approximate surface area is 127 Å². The van der Waals surface area contributed by atoms with Gasteiger partial charge in [0.1, 0.15) is 11.5 Å². The van der Waals surface area contributed by atoms with Crippen molar-refractivity contribution in [3.63, 3.8) is 0 Å². The predicted octanol–water partition coefficient (Wildman–Crippen LogP) is 2.53. The average molecular weight is 302 g/mol. The molecule has 0 aliphatic carbocycles. The Bertz CT molecular complexity index is 656. The summed E-state index contributed by atoms with van der Waals surface area (Å²) in [5.41, 5.74) is 1.06. The molecule has 2 rings (SSSR count). The average Bonchev–Trinajstić information content (AvgIpc) is 2.47. The summed E-state index contributed by atoms with van der Waals surface area (Å²) < 4.78 is 5.03. The highest BCUT2D eigenvalue weighted by molar-refractivity contribution is 7.80. The number of carbonyl (C=O) groups is 1. The lowest BCUT2D eigenvalue weighted by atomic mass is 10.2. The summed E-state index contributed by atoms with van der Waals surface area (Å²) >= 11 is 5.05. The fraction of sp³-hybridized carbons (Fsp3) is 0.0667. The molecule has 6 heteroatoms. The van der Waals surface area contributed by atoms with Crippen LogP contribution in [-0.2, 0) is 0 Å². The van der Waals surface area contributed by atoms with Gasteiger partial charge in [0.2, 0.25) is 0 Å². The fourth-order valence-electron chi connectivity index (χ4n) is 1.66. The Kier molecular flexibility index (Phi) is 4.73. The number of thiocarbonyl (C=S) groups is 1. The molecule has 0 aliphatic heterocycles. The molecule has 5 nitrogen and oxygen atoms in total. The Morgan fingerprint density at radius 1 is 1.19 bits per heavy atom. The van der Waals surface area contributed by atoms with E-state index in [0.717, 1.165) is 0 Å². The van der Waals surface area contributed by atoms with E-state index in [1.807, 2.05) is 0 Å². The molecule has 21 heavy (non-hydrogen) atoms. The van der Waals surface area contributed by atoms with Gasteiger partial charge in [-0.1, -0.05) is 6.07 Å². The molecule has 0 saturated heterocycles. The van der Waals surface area contributed by atoms with Crippen LogP contribution < -0.4 is 15.4 Å². The summed E-state index contributed by atoms with van der Waals surface area (Å²) in [6, 6.07) is 13.1. The molecule has 0 heterocycles. The molecule has 0 fully saturated rings. The second kappa shape index (κ2) is 6.71. The number of rotatable bonds is 3. The normalized spacial score (nSPS) is 9.76. The first-order valence-electron chi connectivity index (χ1n) is 6.14. The van der Waals surface area contributed by atoms with E-state index in [4.69, 9.17) is 17.0 Å². The predicted molar refractivity (Wildman–Crippen MR) is 84.8 cm³/mol. The van der Waals surface area contributed by atoms with E-state index < -0.39 is 0 Å². The smallest absolute Gasteiger partial charge is 0.257 e. The number of hydrogen-bond donors (Lipinski definition) is 3. The molecule has 0 bridgehead atoms. The molecule has 0 aromatic heterocycles. The maximum absolute atomic E-state index is 12.0. The Morgan fingerprint density at radius 2 is 1.90 bits per heavy atom. The van der Waals surface area contributed by atoms with Gasteiger partial charge in [0.15, 0.2) is 5.11 Å². The van der Waals surface area contributed by atoms with Gasteiger partial charge in [0.25, 0.3) is 5.91 Å². The third-order valence-corrected chi connectivity index (χ3v) is 2.89. The van der Waals surface area contributed by atoms with Crippen molar-refractivity contribution in [3.05, 3.63) is 54.1 Å². The van der Waals surface area contributed by atoms with Gasteiger partial charge >= 0.3 is 0 Å². The van der Waals surface area contributed by atoms with Crippen LogP contribution in [0.3, 0.4) is 0 Å². The number of amides is 1. The van der Waals surface area contributed by atoms with Gasteiger partial charge in [-0.25, -0.2) is 0 Å². The Morgan fingerprint density at radius 3 is 2.52 bits per heavy atom. The number of carbonyl (C=O) groups excluding carboxylic acids is 1. The number of benzene rings is 2. The lowest BCUT2D eigenvalue weighted by Gasteiger charge is -2.10. The van der Waals surface area contributed by atoms with Crippen LogP contribution in [-0.4, -0.2) is 23.2 Å². The van der Waals surface area contributed by atoms with E-state index in [-0.39, 0.29) is 16.8 Å². The summed E-state index contributed by atoms with van der Waals surface area (Å²) in [6.07, 6.45) is 0. The number of hydrogen-bond acceptors (Lipinski definition) is 4. The molecule has 1 amide bonds. The van der Waals surface area contributed by atoms with Gasteiger partial charge in [-0.05, 0) is 48.6 Å². The fourth-order valence-corrected chi connectivity index (χ4v) is 1.87. The SMILES string of the molecule is COc1ccc(C(=O)NC(=S)Nc2cccc(O)c2)cc1. The van der Waals surface area contributed by atoms with Crippen LogP contribution >= 0.6 is 12.2 Å². The summed E-state index contributed by atoms with van der Waals surface area (Å²) in [5.74, 6) is 0.464. The summed E-state index contributed by atoms with van der Waals surface area (Å²) in [4.78, 5) is 12.0. The second-order valence-corrected chi connectivity index (χ2v) is 4.60. The van der Waals surface area contributed by atoms with Crippen molar-refractivity contribution in [2.24, 2.45) is 0 Å². The molecule has 0 saturated carbocycles. The Balaban J connectivity index is 1.96. The van der Waals surface area contributed by atoms with Crippen molar-refractivity contribution in [3.8, 4) is 11.5 Å². The van der Waals surface area contributed by atoms with Crippen LogP contribution in [0.4, 0.5) is 5.69 Å². The van der Waals surface area contributed by atoms with Crippen LogP contribution in [0, 0.1) is 0 Å². The molecule has 0 spiro atoms. The maximum Gasteiger partial charge on any atom is 0.257 e. The first kappa shape index (κ1) is 14.8. The van der Waals surface area contributed by atoms with E-state index in [1.54, 1.807) is 49.6 Å². The van der Waals surface area contributed by atoms with Crippen molar-refractivity contribution >= 4 is 28.9 Å². The molecule has 3 N–H and O–H groups in total. The Hall–Kier alpha value is -2.60. The van der Waals surface area contributed by atoms with Gasteiger partial charge in [-0.15, -0.1) is 0 Å². The highest BCUT2D eigenvalue weighted by Gasteiger charge is 2.08. The molecular weight excluding hydrogens is 288 g/mol. The maximum atomic E-state index is 12.0.